The summed E-state index contributed by atoms with van der Waals surface area (Å²) in [5.74, 6) is 0.153. The van der Waals surface area contributed by atoms with E-state index in [-0.39, 0.29) is 17.4 Å². The van der Waals surface area contributed by atoms with Gasteiger partial charge in [0.05, 0.1) is 6.54 Å². The Labute approximate surface area is 121 Å². The third-order valence-corrected chi connectivity index (χ3v) is 3.69. The molecule has 1 atom stereocenters. The van der Waals surface area contributed by atoms with Gasteiger partial charge in [0.15, 0.2) is 5.82 Å². The first-order valence-electron chi connectivity index (χ1n) is 6.94. The van der Waals surface area contributed by atoms with E-state index in [1.54, 1.807) is 29.1 Å². The van der Waals surface area contributed by atoms with Crippen LogP contribution in [0.4, 0.5) is 10.2 Å². The van der Waals surface area contributed by atoms with Crippen molar-refractivity contribution in [2.45, 2.75) is 19.0 Å². The molecule has 1 aromatic carbocycles. The summed E-state index contributed by atoms with van der Waals surface area (Å²) in [5.41, 5.74) is 6.60. The van der Waals surface area contributed by atoms with Crippen LogP contribution in [0.15, 0.2) is 41.5 Å². The van der Waals surface area contributed by atoms with Crippen LogP contribution in [0.5, 0.6) is 0 Å². The highest BCUT2D eigenvalue weighted by molar-refractivity contribution is 5.37. The molecule has 1 saturated heterocycles. The van der Waals surface area contributed by atoms with Crippen molar-refractivity contribution in [2.24, 2.45) is 5.73 Å². The lowest BCUT2D eigenvalue weighted by Gasteiger charge is -2.17. The van der Waals surface area contributed by atoms with E-state index < -0.39 is 0 Å². The Hall–Kier alpha value is -2.21. The molecule has 0 spiro atoms. The number of anilines is 1. The van der Waals surface area contributed by atoms with Crippen molar-refractivity contribution in [3.8, 4) is 0 Å². The van der Waals surface area contributed by atoms with Gasteiger partial charge in [-0.1, -0.05) is 12.1 Å². The summed E-state index contributed by atoms with van der Waals surface area (Å²) in [6.07, 6.45) is 4.13. The predicted molar refractivity (Wildman–Crippen MR) is 78.8 cm³/mol. The molecular weight excluding hydrogens is 271 g/mol. The molecule has 1 aromatic heterocycles. The normalized spacial score (nSPS) is 18.2. The number of hydrogen-bond acceptors (Lipinski definition) is 4. The zero-order valence-electron chi connectivity index (χ0n) is 11.6. The highest BCUT2D eigenvalue weighted by atomic mass is 19.1. The Kier molecular flexibility index (Phi) is 3.70. The van der Waals surface area contributed by atoms with E-state index in [0.29, 0.717) is 18.9 Å². The van der Waals surface area contributed by atoms with Crippen LogP contribution in [-0.4, -0.2) is 28.7 Å². The second-order valence-electron chi connectivity index (χ2n) is 5.31. The van der Waals surface area contributed by atoms with Gasteiger partial charge < -0.3 is 15.2 Å². The van der Waals surface area contributed by atoms with Crippen LogP contribution in [0.3, 0.4) is 0 Å². The lowest BCUT2D eigenvalue weighted by molar-refractivity contribution is 0.626. The van der Waals surface area contributed by atoms with Gasteiger partial charge >= 0.3 is 0 Å². The minimum Gasteiger partial charge on any atom is -0.350 e. The van der Waals surface area contributed by atoms with Crippen LogP contribution in [-0.2, 0) is 6.54 Å². The van der Waals surface area contributed by atoms with Crippen molar-refractivity contribution in [3.63, 3.8) is 0 Å². The molecule has 0 unspecified atom stereocenters. The Bertz CT molecular complexity index is 683. The van der Waals surface area contributed by atoms with E-state index >= 15 is 0 Å². The van der Waals surface area contributed by atoms with E-state index in [1.165, 1.54) is 12.1 Å². The van der Waals surface area contributed by atoms with Gasteiger partial charge in [-0.15, -0.1) is 0 Å². The van der Waals surface area contributed by atoms with Gasteiger partial charge in [-0.25, -0.2) is 9.37 Å². The smallest absolute Gasteiger partial charge is 0.293 e. The van der Waals surface area contributed by atoms with Gasteiger partial charge in [-0.2, -0.15) is 0 Å². The highest BCUT2D eigenvalue weighted by Crippen LogP contribution is 2.13. The van der Waals surface area contributed by atoms with Crippen molar-refractivity contribution >= 4 is 5.82 Å². The SMILES string of the molecule is N[C@@H]1CCN(c2nccn(Cc3ccc(F)cc3)c2=O)C1. The summed E-state index contributed by atoms with van der Waals surface area (Å²) in [5, 5.41) is 0. The van der Waals surface area contributed by atoms with Crippen LogP contribution in [0, 0.1) is 5.82 Å². The standard InChI is InChI=1S/C15H17FN4O/c16-12-3-1-11(2-4-12)9-20-8-6-18-14(15(20)21)19-7-5-13(17)10-19/h1-4,6,8,13H,5,7,9-10,17H2/t13-/m1/s1. The van der Waals surface area contributed by atoms with Crippen LogP contribution in [0.25, 0.3) is 0 Å². The quantitative estimate of drug-likeness (QED) is 0.914. The fourth-order valence-electron chi connectivity index (χ4n) is 2.54. The molecule has 0 saturated carbocycles. The molecule has 1 fully saturated rings. The van der Waals surface area contributed by atoms with Crippen molar-refractivity contribution in [1.82, 2.24) is 9.55 Å². The molecule has 1 aliphatic rings. The molecule has 21 heavy (non-hydrogen) atoms. The highest BCUT2D eigenvalue weighted by Gasteiger charge is 2.22. The third kappa shape index (κ3) is 2.95. The van der Waals surface area contributed by atoms with E-state index in [1.807, 2.05) is 4.90 Å². The molecule has 1 aliphatic heterocycles. The first kappa shape index (κ1) is 13.8. The number of aromatic nitrogens is 2. The molecule has 0 aliphatic carbocycles. The van der Waals surface area contributed by atoms with Gasteiger partial charge in [-0.3, -0.25) is 4.79 Å². The summed E-state index contributed by atoms with van der Waals surface area (Å²) < 4.78 is 14.5. The largest absolute Gasteiger partial charge is 0.350 e. The fraction of sp³-hybridized carbons (Fsp3) is 0.333. The fourth-order valence-corrected chi connectivity index (χ4v) is 2.54. The van der Waals surface area contributed by atoms with E-state index in [4.69, 9.17) is 5.73 Å². The molecule has 2 heterocycles. The van der Waals surface area contributed by atoms with Gasteiger partial charge in [0, 0.05) is 31.5 Å². The monoisotopic (exact) mass is 288 g/mol. The molecule has 0 radical (unpaired) electrons. The van der Waals surface area contributed by atoms with Crippen LogP contribution in [0.1, 0.15) is 12.0 Å². The third-order valence-electron chi connectivity index (χ3n) is 3.69. The summed E-state index contributed by atoms with van der Waals surface area (Å²) in [4.78, 5) is 18.6. The number of rotatable bonds is 3. The zero-order valence-corrected chi connectivity index (χ0v) is 11.6. The van der Waals surface area contributed by atoms with Gasteiger partial charge in [0.25, 0.3) is 5.56 Å². The first-order valence-corrected chi connectivity index (χ1v) is 6.94. The maximum Gasteiger partial charge on any atom is 0.293 e. The first-order chi connectivity index (χ1) is 10.1. The van der Waals surface area contributed by atoms with E-state index in [9.17, 15) is 9.18 Å². The van der Waals surface area contributed by atoms with Crippen LogP contribution < -0.4 is 16.2 Å². The second kappa shape index (κ2) is 5.65. The van der Waals surface area contributed by atoms with Crippen molar-refractivity contribution in [2.75, 3.05) is 18.0 Å². The summed E-state index contributed by atoms with van der Waals surface area (Å²) in [6.45, 7) is 1.81. The average Bonchev–Trinajstić information content (AvgIpc) is 2.90. The molecule has 3 rings (SSSR count). The van der Waals surface area contributed by atoms with E-state index in [2.05, 4.69) is 4.98 Å². The number of nitrogens with zero attached hydrogens (tertiary/aromatic N) is 3. The zero-order chi connectivity index (χ0) is 14.8. The molecule has 2 aromatic rings. The molecular formula is C15H17FN4O. The van der Waals surface area contributed by atoms with Gasteiger partial charge in [0.2, 0.25) is 0 Å². The van der Waals surface area contributed by atoms with Crippen molar-refractivity contribution < 1.29 is 4.39 Å². The average molecular weight is 288 g/mol. The summed E-state index contributed by atoms with van der Waals surface area (Å²) in [6, 6.07) is 6.22. The van der Waals surface area contributed by atoms with Crippen LogP contribution >= 0.6 is 0 Å². The molecule has 6 heteroatoms. The summed E-state index contributed by atoms with van der Waals surface area (Å²) in [7, 11) is 0. The van der Waals surface area contributed by atoms with Crippen LogP contribution in [0.2, 0.25) is 0 Å². The molecule has 110 valence electrons. The summed E-state index contributed by atoms with van der Waals surface area (Å²) >= 11 is 0. The number of halogens is 1. The lowest BCUT2D eigenvalue weighted by atomic mass is 10.2. The maximum absolute atomic E-state index is 12.9. The Morgan fingerprint density at radius 3 is 2.76 bits per heavy atom. The number of nitrogens with two attached hydrogens (primary N) is 1. The van der Waals surface area contributed by atoms with Gasteiger partial charge in [0.1, 0.15) is 5.82 Å². The number of hydrogen-bond donors (Lipinski definition) is 1. The predicted octanol–water partition coefficient (Wildman–Crippen LogP) is 0.968. The Morgan fingerprint density at radius 1 is 1.33 bits per heavy atom. The van der Waals surface area contributed by atoms with Crippen molar-refractivity contribution in [3.05, 3.63) is 58.4 Å². The minimum atomic E-state index is -0.285. The topological polar surface area (TPSA) is 64.2 Å². The second-order valence-corrected chi connectivity index (χ2v) is 5.31. The maximum atomic E-state index is 12.9. The number of benzene rings is 1. The lowest BCUT2D eigenvalue weighted by Crippen LogP contribution is -2.33. The molecule has 5 nitrogen and oxygen atoms in total. The minimum absolute atomic E-state index is 0.0944. The van der Waals surface area contributed by atoms with Crippen molar-refractivity contribution in [1.29, 1.82) is 0 Å². The molecule has 0 bridgehead atoms. The molecule has 2 N–H and O–H groups in total. The Balaban J connectivity index is 1.86. The molecule has 0 amide bonds. The Morgan fingerprint density at radius 2 is 2.10 bits per heavy atom. The van der Waals surface area contributed by atoms with Gasteiger partial charge in [-0.05, 0) is 24.1 Å². The van der Waals surface area contributed by atoms with E-state index in [0.717, 1.165) is 18.5 Å².